The number of hydrogen-bond donors (Lipinski definition) is 4. The van der Waals surface area contributed by atoms with E-state index in [9.17, 15) is 20.1 Å². The molecule has 0 unspecified atom stereocenters. The Morgan fingerprint density at radius 3 is 2.58 bits per heavy atom. The molecule has 71 heavy (non-hydrogen) atoms. The SMILES string of the molecule is CC(C)C[C@H]1C=C2C[C@@H]3CCC4(CCCC4)[C@]34C[C@@H]3C[C@@]5(C)[C@H](c6ccoc6C[C@@H]([C@H]6CC[C@H]7[C@H](C=CN8CNC[C@H]78)C6)[C@H](O)CO)OC(=O)[C@H]6O[C@]65[C@]5(C)[C@H](O)C(=O)[C@@H]6[C@@]1(C)O[C@]21[C@H]4C(=O)OC[C@@]61[C@@H]35. The smallest absolute Gasteiger partial charge is 0.339 e. The summed E-state index contributed by atoms with van der Waals surface area (Å²) in [5.74, 6) is -0.964. The number of Topliss-reactive ketones (excluding diaryl/α,β-unsaturated/α-hetero) is 1. The van der Waals surface area contributed by atoms with Crippen molar-refractivity contribution in [3.05, 3.63) is 47.6 Å². The van der Waals surface area contributed by atoms with Crippen molar-refractivity contribution in [2.75, 3.05) is 26.4 Å². The van der Waals surface area contributed by atoms with E-state index in [-0.39, 0.29) is 60.0 Å². The molecule has 15 rings (SSSR count). The van der Waals surface area contributed by atoms with Crippen LogP contribution < -0.4 is 5.32 Å². The fourth-order valence-corrected chi connectivity index (χ4v) is 23.1. The zero-order valence-corrected chi connectivity index (χ0v) is 42.4. The van der Waals surface area contributed by atoms with E-state index < -0.39 is 86.6 Å². The second-order valence-corrected chi connectivity index (χ2v) is 27.5. The largest absolute Gasteiger partial charge is 0.469 e. The van der Waals surface area contributed by atoms with Crippen molar-refractivity contribution in [3.63, 3.8) is 0 Å². The van der Waals surface area contributed by atoms with Crippen LogP contribution in [0.15, 0.2) is 40.7 Å². The topological polar surface area (TPSA) is 181 Å². The molecule has 1 aromatic rings. The Morgan fingerprint density at radius 1 is 0.972 bits per heavy atom. The van der Waals surface area contributed by atoms with Gasteiger partial charge < -0.3 is 43.6 Å². The second-order valence-electron chi connectivity index (χ2n) is 27.5. The summed E-state index contributed by atoms with van der Waals surface area (Å²) >= 11 is 0. The summed E-state index contributed by atoms with van der Waals surface area (Å²) < 4.78 is 35.2. The minimum absolute atomic E-state index is 0.0391. The molecule has 7 aliphatic carbocycles. The van der Waals surface area contributed by atoms with E-state index in [0.717, 1.165) is 95.8 Å². The zero-order valence-electron chi connectivity index (χ0n) is 42.4. The summed E-state index contributed by atoms with van der Waals surface area (Å²) in [6.45, 7) is 12.4. The highest BCUT2D eigenvalue weighted by Crippen LogP contribution is 2.90. The van der Waals surface area contributed by atoms with Crippen LogP contribution in [-0.2, 0) is 39.8 Å². The number of aliphatic hydroxyl groups excluding tert-OH is 3. The van der Waals surface area contributed by atoms with E-state index in [1.54, 1.807) is 6.26 Å². The molecule has 8 heterocycles. The number of nitrogens with zero attached hydrogens (tertiary/aromatic N) is 1. The quantitative estimate of drug-likeness (QED) is 0.125. The molecular weight excluding hydrogens is 901 g/mol. The third-order valence-electron chi connectivity index (χ3n) is 25.1. The number of carbonyl (C=O) groups is 3. The number of nitrogens with one attached hydrogen (secondary N) is 1. The summed E-state index contributed by atoms with van der Waals surface area (Å²) in [5.41, 5.74) is -5.29. The van der Waals surface area contributed by atoms with Gasteiger partial charge in [0.1, 0.15) is 35.8 Å². The standard InChI is InChI=1S/C58H76N2O11/c1-29(2)18-34-21-35-20-33-10-15-54(13-6-7-14-54)55(33)24-32-23-51(3)47(37-12-17-67-41(37)22-38(40(62)26-61)30-8-9-36-31(19-30)11-16-60-28-59-25-39(36)60)69-50(66)48-58(51,70-48)52(4)43(32)56-27-68-49(65)45(55)57(35,56)71-53(34,5)44(56)42(63)46(52)64/h11-12,16-17,21,29-34,36,38-40,43-48,59,61-62,64H,6-10,13-15,18-20,22-28H2,1-5H3/t30-,31+,32-,33-,34-,36-,38-,39+,40+,43-,44+,45-,46+,47-,48+,51-,52-,53-,55+,56+,57-,58+/m0/s1. The molecular formula is C58H76N2O11. The van der Waals surface area contributed by atoms with Crippen LogP contribution in [0.5, 0.6) is 0 Å². The van der Waals surface area contributed by atoms with Gasteiger partial charge in [0.25, 0.3) is 0 Å². The number of esters is 2. The lowest BCUT2D eigenvalue weighted by atomic mass is 9.32. The Labute approximate surface area is 417 Å². The normalized spacial score (nSPS) is 53.5. The number of cyclic esters (lactones) is 2. The second kappa shape index (κ2) is 14.2. The van der Waals surface area contributed by atoms with Crippen LogP contribution in [0.2, 0.25) is 0 Å². The van der Waals surface area contributed by atoms with Gasteiger partial charge in [-0.2, -0.15) is 0 Å². The number of hydrogen-bond acceptors (Lipinski definition) is 13. The summed E-state index contributed by atoms with van der Waals surface area (Å²) in [6.07, 6.45) is 17.1. The van der Waals surface area contributed by atoms with Crippen LogP contribution in [0.4, 0.5) is 0 Å². The van der Waals surface area contributed by atoms with Gasteiger partial charge in [0.2, 0.25) is 0 Å². The molecule has 4 N–H and O–H groups in total. The first-order valence-corrected chi connectivity index (χ1v) is 28.2. The lowest BCUT2D eigenvalue weighted by Gasteiger charge is -2.70. The van der Waals surface area contributed by atoms with Crippen LogP contribution >= 0.6 is 0 Å². The average Bonchev–Trinajstić information content (AvgIpc) is 3.90. The van der Waals surface area contributed by atoms with Crippen molar-refractivity contribution in [1.82, 2.24) is 10.2 Å². The van der Waals surface area contributed by atoms with Crippen LogP contribution in [0, 0.1) is 92.2 Å². The van der Waals surface area contributed by atoms with E-state index in [4.69, 9.17) is 23.4 Å². The van der Waals surface area contributed by atoms with Crippen molar-refractivity contribution >= 4 is 17.7 Å². The molecule has 22 atom stereocenters. The van der Waals surface area contributed by atoms with Crippen molar-refractivity contribution in [2.24, 2.45) is 92.2 Å². The first-order chi connectivity index (χ1) is 34.0. The first kappa shape index (κ1) is 45.3. The molecule has 0 aromatic carbocycles. The van der Waals surface area contributed by atoms with E-state index in [2.05, 4.69) is 63.2 Å². The van der Waals surface area contributed by atoms with Gasteiger partial charge in [0.15, 0.2) is 11.9 Å². The molecule has 12 fully saturated rings. The number of furan rings is 1. The highest BCUT2D eigenvalue weighted by atomic mass is 16.7. The van der Waals surface area contributed by atoms with Crippen LogP contribution in [0.25, 0.3) is 0 Å². The minimum Gasteiger partial charge on any atom is -0.469 e. The number of ketones is 1. The maximum absolute atomic E-state index is 16.2. The molecule has 384 valence electrons. The maximum atomic E-state index is 16.2. The van der Waals surface area contributed by atoms with Crippen LogP contribution in [0.1, 0.15) is 136 Å². The minimum atomic E-state index is -1.49. The van der Waals surface area contributed by atoms with E-state index in [1.807, 2.05) is 6.07 Å². The number of allylic oxidation sites excluding steroid dienone is 1. The van der Waals surface area contributed by atoms with Gasteiger partial charge in [-0.1, -0.05) is 52.7 Å². The van der Waals surface area contributed by atoms with Gasteiger partial charge in [-0.3, -0.25) is 14.9 Å². The Morgan fingerprint density at radius 2 is 1.79 bits per heavy atom. The fourth-order valence-electron chi connectivity index (χ4n) is 23.1. The summed E-state index contributed by atoms with van der Waals surface area (Å²) in [4.78, 5) is 49.1. The van der Waals surface area contributed by atoms with Crippen LogP contribution in [-0.4, -0.2) is 106 Å². The van der Waals surface area contributed by atoms with Gasteiger partial charge in [-0.05, 0) is 154 Å². The molecule has 0 amide bonds. The number of aliphatic hydroxyl groups is 3. The molecule has 5 saturated heterocycles. The molecule has 5 bridgehead atoms. The molecule has 5 spiro atoms. The number of rotatable bonds is 8. The average molecular weight is 977 g/mol. The molecule has 13 nitrogen and oxygen atoms in total. The number of carbonyl (C=O) groups excluding carboxylic acids is 3. The van der Waals surface area contributed by atoms with Crippen molar-refractivity contribution in [1.29, 1.82) is 0 Å². The van der Waals surface area contributed by atoms with Crippen LogP contribution in [0.3, 0.4) is 0 Å². The van der Waals surface area contributed by atoms with Gasteiger partial charge in [0, 0.05) is 41.3 Å². The fraction of sp³-hybridized carbons (Fsp3) is 0.810. The molecule has 1 aromatic heterocycles. The maximum Gasteiger partial charge on any atom is 0.339 e. The lowest BCUT2D eigenvalue weighted by Crippen LogP contribution is -2.80. The first-order valence-electron chi connectivity index (χ1n) is 28.2. The Balaban J connectivity index is 0.887. The molecule has 7 saturated carbocycles. The van der Waals surface area contributed by atoms with Gasteiger partial charge in [-0.15, -0.1) is 0 Å². The molecule has 0 radical (unpaired) electrons. The van der Waals surface area contributed by atoms with E-state index in [0.29, 0.717) is 42.4 Å². The van der Waals surface area contributed by atoms with Gasteiger partial charge >= 0.3 is 11.9 Å². The molecule has 7 aliphatic heterocycles. The molecule has 14 aliphatic rings. The highest BCUT2D eigenvalue weighted by molar-refractivity contribution is 5.94. The zero-order chi connectivity index (χ0) is 48.8. The van der Waals surface area contributed by atoms with E-state index >= 15 is 9.59 Å². The van der Waals surface area contributed by atoms with Crippen molar-refractivity contribution in [3.8, 4) is 0 Å². The third-order valence-corrected chi connectivity index (χ3v) is 25.1. The monoisotopic (exact) mass is 977 g/mol. The Kier molecular flexibility index (Phi) is 9.09. The number of epoxide rings is 1. The lowest BCUT2D eigenvalue weighted by molar-refractivity contribution is -0.282. The number of fused-ring (bicyclic) bond motifs is 5. The van der Waals surface area contributed by atoms with Crippen molar-refractivity contribution < 1.29 is 53.1 Å². The van der Waals surface area contributed by atoms with Crippen molar-refractivity contribution in [2.45, 2.75) is 172 Å². The van der Waals surface area contributed by atoms with Gasteiger partial charge in [0.05, 0.1) is 48.5 Å². The number of ether oxygens (including phenoxy) is 4. The third kappa shape index (κ3) is 4.86. The van der Waals surface area contributed by atoms with E-state index in [1.165, 1.54) is 5.57 Å². The summed E-state index contributed by atoms with van der Waals surface area (Å²) in [7, 11) is 0. The van der Waals surface area contributed by atoms with Gasteiger partial charge in [-0.25, -0.2) is 4.79 Å². The Bertz CT molecular complexity index is 2570. The summed E-state index contributed by atoms with van der Waals surface area (Å²) in [5, 5.41) is 39.5. The highest BCUT2D eigenvalue weighted by Gasteiger charge is 2.97. The Hall–Kier alpha value is -3.07. The molecule has 13 heteroatoms. The summed E-state index contributed by atoms with van der Waals surface area (Å²) in [6, 6.07) is 2.39. The predicted octanol–water partition coefficient (Wildman–Crippen LogP) is 6.58. The predicted molar refractivity (Wildman–Crippen MR) is 255 cm³/mol.